The van der Waals surface area contributed by atoms with E-state index in [9.17, 15) is 9.59 Å². The van der Waals surface area contributed by atoms with Gasteiger partial charge in [0, 0.05) is 12.2 Å². The summed E-state index contributed by atoms with van der Waals surface area (Å²) in [5, 5.41) is 5.73. The average molecular weight is 275 g/mol. The minimum atomic E-state index is -0.482. The molecule has 1 aromatic rings. The number of para-hydroxylation sites is 1. The molecule has 0 bridgehead atoms. The van der Waals surface area contributed by atoms with E-state index < -0.39 is 6.04 Å². The van der Waals surface area contributed by atoms with E-state index in [2.05, 4.69) is 17.6 Å². The van der Waals surface area contributed by atoms with E-state index >= 15 is 0 Å². The second-order valence-electron chi connectivity index (χ2n) is 5.04. The monoisotopic (exact) mass is 275 g/mol. The van der Waals surface area contributed by atoms with Crippen molar-refractivity contribution in [2.75, 3.05) is 11.9 Å². The Kier molecular flexibility index (Phi) is 4.61. The molecule has 0 saturated carbocycles. The minimum Gasteiger partial charge on any atom is -0.338 e. The maximum atomic E-state index is 12.2. The smallest absolute Gasteiger partial charge is 0.318 e. The summed E-state index contributed by atoms with van der Waals surface area (Å²) in [5.41, 5.74) is 1.74. The van der Waals surface area contributed by atoms with Crippen molar-refractivity contribution in [3.8, 4) is 0 Å². The Labute approximate surface area is 119 Å². The first kappa shape index (κ1) is 14.4. The summed E-state index contributed by atoms with van der Waals surface area (Å²) in [6.07, 6.45) is 1.97. The van der Waals surface area contributed by atoms with Crippen LogP contribution < -0.4 is 10.6 Å². The number of urea groups is 1. The van der Waals surface area contributed by atoms with Crippen LogP contribution in [-0.2, 0) is 11.3 Å². The Morgan fingerprint density at radius 3 is 2.95 bits per heavy atom. The number of fused-ring (bicyclic) bond motifs is 1. The maximum Gasteiger partial charge on any atom is 0.318 e. The number of unbranched alkanes of at least 4 members (excludes halogenated alkanes) is 1. The van der Waals surface area contributed by atoms with Crippen molar-refractivity contribution in [3.63, 3.8) is 0 Å². The van der Waals surface area contributed by atoms with Crippen molar-refractivity contribution < 1.29 is 9.59 Å². The molecule has 1 aliphatic rings. The van der Waals surface area contributed by atoms with Gasteiger partial charge in [-0.25, -0.2) is 4.79 Å². The number of carbonyl (C=O) groups excluding carboxylic acids is 2. The summed E-state index contributed by atoms with van der Waals surface area (Å²) >= 11 is 0. The first-order chi connectivity index (χ1) is 9.63. The lowest BCUT2D eigenvalue weighted by Crippen LogP contribution is -2.48. The molecular formula is C15H21N3O2. The maximum absolute atomic E-state index is 12.2. The zero-order chi connectivity index (χ0) is 14.5. The molecule has 108 valence electrons. The number of rotatable bonds is 3. The summed E-state index contributed by atoms with van der Waals surface area (Å²) in [5.74, 6) is -0.152. The normalized spacial score (nSPS) is 18.0. The second kappa shape index (κ2) is 6.41. The topological polar surface area (TPSA) is 61.4 Å². The van der Waals surface area contributed by atoms with E-state index in [1.54, 1.807) is 11.8 Å². The van der Waals surface area contributed by atoms with Gasteiger partial charge in [0.2, 0.25) is 5.91 Å². The first-order valence-electron chi connectivity index (χ1n) is 7.06. The van der Waals surface area contributed by atoms with E-state index in [-0.39, 0.29) is 11.9 Å². The molecule has 3 amide bonds. The number of anilines is 1. The Morgan fingerprint density at radius 2 is 2.20 bits per heavy atom. The fraction of sp³-hybridized carbons (Fsp3) is 0.467. The minimum absolute atomic E-state index is 0.152. The molecule has 5 heteroatoms. The van der Waals surface area contributed by atoms with Crippen LogP contribution >= 0.6 is 0 Å². The van der Waals surface area contributed by atoms with Gasteiger partial charge in [-0.2, -0.15) is 0 Å². The van der Waals surface area contributed by atoms with Gasteiger partial charge in [0.15, 0.2) is 0 Å². The molecule has 1 aliphatic heterocycles. The number of carbonyl (C=O) groups is 2. The number of nitrogens with zero attached hydrogens (tertiary/aromatic N) is 1. The van der Waals surface area contributed by atoms with Gasteiger partial charge >= 0.3 is 6.03 Å². The molecule has 2 N–H and O–H groups in total. The third kappa shape index (κ3) is 3.10. The predicted octanol–water partition coefficient (Wildman–Crippen LogP) is 2.34. The molecule has 20 heavy (non-hydrogen) atoms. The summed E-state index contributed by atoms with van der Waals surface area (Å²) in [6.45, 7) is 4.90. The van der Waals surface area contributed by atoms with Gasteiger partial charge in [-0.3, -0.25) is 4.79 Å². The van der Waals surface area contributed by atoms with Gasteiger partial charge in [0.1, 0.15) is 6.04 Å². The van der Waals surface area contributed by atoms with Gasteiger partial charge in [-0.1, -0.05) is 31.5 Å². The standard InChI is InChI=1S/C15H21N3O2/c1-3-4-9-16-15(20)18-10-12-7-5-6-8-13(12)17-14(19)11(18)2/h5-8,11H,3-4,9-10H2,1-2H3,(H,16,20)(H,17,19). The number of benzene rings is 1. The number of amides is 3. The Hall–Kier alpha value is -2.04. The van der Waals surface area contributed by atoms with Crippen LogP contribution in [0.5, 0.6) is 0 Å². The molecule has 2 rings (SSSR count). The SMILES string of the molecule is CCCCNC(=O)N1Cc2ccccc2NC(=O)C1C. The van der Waals surface area contributed by atoms with E-state index in [4.69, 9.17) is 0 Å². The van der Waals surface area contributed by atoms with Crippen LogP contribution in [0.4, 0.5) is 10.5 Å². The highest BCUT2D eigenvalue weighted by Gasteiger charge is 2.29. The van der Waals surface area contributed by atoms with Crippen LogP contribution in [0.1, 0.15) is 32.3 Å². The number of hydrogen-bond donors (Lipinski definition) is 2. The van der Waals surface area contributed by atoms with Crippen LogP contribution in [0.25, 0.3) is 0 Å². The Bertz CT molecular complexity index is 502. The third-order valence-electron chi connectivity index (χ3n) is 3.53. The largest absolute Gasteiger partial charge is 0.338 e. The van der Waals surface area contributed by atoms with Crippen molar-refractivity contribution >= 4 is 17.6 Å². The van der Waals surface area contributed by atoms with E-state index in [1.807, 2.05) is 24.3 Å². The van der Waals surface area contributed by atoms with Gasteiger partial charge in [-0.15, -0.1) is 0 Å². The van der Waals surface area contributed by atoms with Crippen LogP contribution in [0, 0.1) is 0 Å². The quantitative estimate of drug-likeness (QED) is 0.832. The van der Waals surface area contributed by atoms with Crippen molar-refractivity contribution in [3.05, 3.63) is 29.8 Å². The van der Waals surface area contributed by atoms with E-state index in [1.165, 1.54) is 0 Å². The van der Waals surface area contributed by atoms with Crippen molar-refractivity contribution in [2.45, 2.75) is 39.3 Å². The van der Waals surface area contributed by atoms with E-state index in [0.29, 0.717) is 13.1 Å². The Morgan fingerprint density at radius 1 is 1.45 bits per heavy atom. The van der Waals surface area contributed by atoms with Gasteiger partial charge in [0.25, 0.3) is 0 Å². The van der Waals surface area contributed by atoms with Crippen molar-refractivity contribution in [1.29, 1.82) is 0 Å². The molecule has 0 fully saturated rings. The lowest BCUT2D eigenvalue weighted by molar-refractivity contribution is -0.119. The molecule has 0 aliphatic carbocycles. The van der Waals surface area contributed by atoms with Crippen LogP contribution in [0.2, 0.25) is 0 Å². The average Bonchev–Trinajstić information content (AvgIpc) is 2.57. The zero-order valence-electron chi connectivity index (χ0n) is 12.0. The lowest BCUT2D eigenvalue weighted by Gasteiger charge is -2.26. The highest BCUT2D eigenvalue weighted by atomic mass is 16.2. The first-order valence-corrected chi connectivity index (χ1v) is 7.06. The summed E-state index contributed by atoms with van der Waals surface area (Å²) in [7, 11) is 0. The number of hydrogen-bond acceptors (Lipinski definition) is 2. The van der Waals surface area contributed by atoms with Gasteiger partial charge in [0.05, 0.1) is 6.54 Å². The molecule has 0 radical (unpaired) electrons. The highest BCUT2D eigenvalue weighted by Crippen LogP contribution is 2.22. The summed E-state index contributed by atoms with van der Waals surface area (Å²) in [4.78, 5) is 25.9. The Balaban J connectivity index is 2.15. The highest BCUT2D eigenvalue weighted by molar-refractivity contribution is 5.98. The molecule has 1 aromatic carbocycles. The molecule has 0 spiro atoms. The molecule has 1 atom stereocenters. The van der Waals surface area contributed by atoms with E-state index in [0.717, 1.165) is 24.1 Å². The zero-order valence-corrected chi connectivity index (χ0v) is 12.0. The molecular weight excluding hydrogens is 254 g/mol. The fourth-order valence-electron chi connectivity index (χ4n) is 2.20. The van der Waals surface area contributed by atoms with Crippen molar-refractivity contribution in [2.24, 2.45) is 0 Å². The van der Waals surface area contributed by atoms with Crippen LogP contribution in [0.15, 0.2) is 24.3 Å². The molecule has 5 nitrogen and oxygen atoms in total. The summed E-state index contributed by atoms with van der Waals surface area (Å²) < 4.78 is 0. The molecule has 0 saturated heterocycles. The third-order valence-corrected chi connectivity index (χ3v) is 3.53. The lowest BCUT2D eigenvalue weighted by atomic mass is 10.1. The molecule has 1 unspecified atom stereocenters. The molecule has 1 heterocycles. The van der Waals surface area contributed by atoms with Crippen molar-refractivity contribution in [1.82, 2.24) is 10.2 Å². The van der Waals surface area contributed by atoms with Crippen LogP contribution in [0.3, 0.4) is 0 Å². The van der Waals surface area contributed by atoms with Crippen LogP contribution in [-0.4, -0.2) is 29.4 Å². The predicted molar refractivity (Wildman–Crippen MR) is 78.4 cm³/mol. The molecule has 0 aromatic heterocycles. The summed E-state index contributed by atoms with van der Waals surface area (Å²) in [6, 6.07) is 6.91. The second-order valence-corrected chi connectivity index (χ2v) is 5.04. The number of nitrogens with one attached hydrogen (secondary N) is 2. The van der Waals surface area contributed by atoms with Gasteiger partial charge < -0.3 is 15.5 Å². The van der Waals surface area contributed by atoms with Gasteiger partial charge in [-0.05, 0) is 25.0 Å². The fourth-order valence-corrected chi connectivity index (χ4v) is 2.20.